The Labute approximate surface area is 75.3 Å². The van der Waals surface area contributed by atoms with Gasteiger partial charge in [0.2, 0.25) is 0 Å². The predicted molar refractivity (Wildman–Crippen MR) is 50.4 cm³/mol. The molecule has 1 rings (SSSR count). The first-order valence-electron chi connectivity index (χ1n) is 4.62. The van der Waals surface area contributed by atoms with Crippen molar-refractivity contribution >= 4 is 0 Å². The maximum Gasteiger partial charge on any atom is 0.0710 e. The van der Waals surface area contributed by atoms with E-state index in [1.54, 1.807) is 7.11 Å². The second kappa shape index (κ2) is 4.80. The molecular formula is C9H20N2O. The van der Waals surface area contributed by atoms with E-state index in [4.69, 9.17) is 4.74 Å². The molecular weight excluding hydrogens is 152 g/mol. The lowest BCUT2D eigenvalue weighted by Crippen LogP contribution is -2.30. The molecule has 0 aromatic rings. The van der Waals surface area contributed by atoms with E-state index in [0.29, 0.717) is 6.10 Å². The fourth-order valence-electron chi connectivity index (χ4n) is 1.53. The second-order valence-corrected chi connectivity index (χ2v) is 3.75. The second-order valence-electron chi connectivity index (χ2n) is 3.75. The fourth-order valence-corrected chi connectivity index (χ4v) is 1.53. The van der Waals surface area contributed by atoms with Crippen LogP contribution in [0.25, 0.3) is 0 Å². The van der Waals surface area contributed by atoms with E-state index in [0.717, 1.165) is 13.1 Å². The third-order valence-electron chi connectivity index (χ3n) is 2.43. The Morgan fingerprint density at radius 2 is 2.25 bits per heavy atom. The number of hydrogen-bond donors (Lipinski definition) is 0. The van der Waals surface area contributed by atoms with Gasteiger partial charge in [0.25, 0.3) is 0 Å². The SMILES string of the molecule is COC1CCN(CCN(C)C)C1. The number of rotatable bonds is 4. The zero-order valence-electron chi connectivity index (χ0n) is 8.42. The van der Waals surface area contributed by atoms with Gasteiger partial charge in [-0.15, -0.1) is 0 Å². The molecule has 1 saturated heterocycles. The van der Waals surface area contributed by atoms with Gasteiger partial charge in [-0.3, -0.25) is 4.90 Å². The molecule has 72 valence electrons. The van der Waals surface area contributed by atoms with Gasteiger partial charge in [0.15, 0.2) is 0 Å². The van der Waals surface area contributed by atoms with Crippen LogP contribution in [-0.4, -0.2) is 63.3 Å². The van der Waals surface area contributed by atoms with Gasteiger partial charge in [-0.2, -0.15) is 0 Å². The summed E-state index contributed by atoms with van der Waals surface area (Å²) in [6.45, 7) is 4.64. The van der Waals surface area contributed by atoms with Gasteiger partial charge in [-0.25, -0.2) is 0 Å². The summed E-state index contributed by atoms with van der Waals surface area (Å²) < 4.78 is 5.29. The molecule has 1 atom stereocenters. The van der Waals surface area contributed by atoms with Gasteiger partial charge in [0.05, 0.1) is 6.10 Å². The Hall–Kier alpha value is -0.120. The highest BCUT2D eigenvalue weighted by molar-refractivity contribution is 4.75. The molecule has 0 aliphatic carbocycles. The molecule has 0 N–H and O–H groups in total. The van der Waals surface area contributed by atoms with Gasteiger partial charge in [0.1, 0.15) is 0 Å². The Kier molecular flexibility index (Phi) is 3.98. The lowest BCUT2D eigenvalue weighted by molar-refractivity contribution is 0.107. The number of likely N-dealkylation sites (tertiary alicyclic amines) is 1. The largest absolute Gasteiger partial charge is 0.380 e. The van der Waals surface area contributed by atoms with Crippen LogP contribution in [0, 0.1) is 0 Å². The summed E-state index contributed by atoms with van der Waals surface area (Å²) in [5.41, 5.74) is 0. The van der Waals surface area contributed by atoms with Crippen LogP contribution in [0.5, 0.6) is 0 Å². The topological polar surface area (TPSA) is 15.7 Å². The smallest absolute Gasteiger partial charge is 0.0710 e. The van der Waals surface area contributed by atoms with Crippen molar-refractivity contribution in [2.24, 2.45) is 0 Å². The minimum Gasteiger partial charge on any atom is -0.380 e. The minimum atomic E-state index is 0.479. The lowest BCUT2D eigenvalue weighted by atomic mass is 10.3. The van der Waals surface area contributed by atoms with Crippen LogP contribution in [0.1, 0.15) is 6.42 Å². The first-order valence-corrected chi connectivity index (χ1v) is 4.62. The van der Waals surface area contributed by atoms with Crippen molar-refractivity contribution in [1.82, 2.24) is 9.80 Å². The van der Waals surface area contributed by atoms with Crippen molar-refractivity contribution in [3.8, 4) is 0 Å². The molecule has 12 heavy (non-hydrogen) atoms. The van der Waals surface area contributed by atoms with Crippen LogP contribution in [0.4, 0.5) is 0 Å². The van der Waals surface area contributed by atoms with E-state index in [9.17, 15) is 0 Å². The maximum atomic E-state index is 5.29. The van der Waals surface area contributed by atoms with E-state index < -0.39 is 0 Å². The van der Waals surface area contributed by atoms with Gasteiger partial charge < -0.3 is 9.64 Å². The Balaban J connectivity index is 2.11. The highest BCUT2D eigenvalue weighted by Gasteiger charge is 2.21. The summed E-state index contributed by atoms with van der Waals surface area (Å²) in [7, 11) is 6.04. The molecule has 1 aliphatic heterocycles. The van der Waals surface area contributed by atoms with E-state index in [2.05, 4.69) is 23.9 Å². The van der Waals surface area contributed by atoms with Crippen molar-refractivity contribution in [3.63, 3.8) is 0 Å². The van der Waals surface area contributed by atoms with Gasteiger partial charge >= 0.3 is 0 Å². The predicted octanol–water partition coefficient (Wildman–Crippen LogP) is 0.269. The molecule has 1 fully saturated rings. The van der Waals surface area contributed by atoms with Crippen molar-refractivity contribution in [2.75, 3.05) is 47.4 Å². The van der Waals surface area contributed by atoms with E-state index >= 15 is 0 Å². The summed E-state index contributed by atoms with van der Waals surface area (Å²) in [5.74, 6) is 0. The normalized spacial score (nSPS) is 25.5. The zero-order chi connectivity index (χ0) is 8.97. The summed E-state index contributed by atoms with van der Waals surface area (Å²) in [5, 5.41) is 0. The Morgan fingerprint density at radius 1 is 1.50 bits per heavy atom. The summed E-state index contributed by atoms with van der Waals surface area (Å²) in [4.78, 5) is 4.69. The standard InChI is InChI=1S/C9H20N2O/c1-10(2)6-7-11-5-4-9(8-11)12-3/h9H,4-8H2,1-3H3. The maximum absolute atomic E-state index is 5.29. The number of likely N-dealkylation sites (N-methyl/N-ethyl adjacent to an activating group) is 1. The third kappa shape index (κ3) is 3.09. The molecule has 0 bridgehead atoms. The monoisotopic (exact) mass is 172 g/mol. The minimum absolute atomic E-state index is 0.479. The molecule has 3 nitrogen and oxygen atoms in total. The fraction of sp³-hybridized carbons (Fsp3) is 1.00. The van der Waals surface area contributed by atoms with Crippen LogP contribution in [-0.2, 0) is 4.74 Å². The highest BCUT2D eigenvalue weighted by Crippen LogP contribution is 2.10. The first kappa shape index (κ1) is 9.96. The molecule has 1 aliphatic rings. The molecule has 0 aromatic carbocycles. The highest BCUT2D eigenvalue weighted by atomic mass is 16.5. The van der Waals surface area contributed by atoms with Gasteiger partial charge in [-0.05, 0) is 20.5 Å². The Morgan fingerprint density at radius 3 is 2.75 bits per heavy atom. The molecule has 1 heterocycles. The zero-order valence-corrected chi connectivity index (χ0v) is 8.42. The third-order valence-corrected chi connectivity index (χ3v) is 2.43. The molecule has 0 radical (unpaired) electrons. The van der Waals surface area contributed by atoms with Crippen LogP contribution in [0.3, 0.4) is 0 Å². The van der Waals surface area contributed by atoms with Crippen LogP contribution >= 0.6 is 0 Å². The van der Waals surface area contributed by atoms with Crippen LogP contribution in [0.15, 0.2) is 0 Å². The van der Waals surface area contributed by atoms with Crippen LogP contribution < -0.4 is 0 Å². The van der Waals surface area contributed by atoms with Crippen molar-refractivity contribution in [3.05, 3.63) is 0 Å². The van der Waals surface area contributed by atoms with E-state index in [1.807, 2.05) is 0 Å². The molecule has 3 heteroatoms. The molecule has 0 saturated carbocycles. The number of methoxy groups -OCH3 is 1. The molecule has 1 unspecified atom stereocenters. The molecule has 0 amide bonds. The van der Waals surface area contributed by atoms with Gasteiger partial charge in [-0.1, -0.05) is 0 Å². The summed E-state index contributed by atoms with van der Waals surface area (Å²) in [6, 6.07) is 0. The van der Waals surface area contributed by atoms with Gasteiger partial charge in [0, 0.05) is 33.3 Å². The Bertz CT molecular complexity index is 128. The van der Waals surface area contributed by atoms with Crippen molar-refractivity contribution in [1.29, 1.82) is 0 Å². The first-order chi connectivity index (χ1) is 5.72. The summed E-state index contributed by atoms with van der Waals surface area (Å²) in [6.07, 6.45) is 1.68. The number of nitrogens with zero attached hydrogens (tertiary/aromatic N) is 2. The number of ether oxygens (including phenoxy) is 1. The van der Waals surface area contributed by atoms with Crippen LogP contribution in [0.2, 0.25) is 0 Å². The average molecular weight is 172 g/mol. The number of hydrogen-bond acceptors (Lipinski definition) is 3. The summed E-state index contributed by atoms with van der Waals surface area (Å²) >= 11 is 0. The van der Waals surface area contributed by atoms with E-state index in [1.165, 1.54) is 19.5 Å². The van der Waals surface area contributed by atoms with E-state index in [-0.39, 0.29) is 0 Å². The van der Waals surface area contributed by atoms with Crippen molar-refractivity contribution in [2.45, 2.75) is 12.5 Å². The molecule has 0 spiro atoms. The lowest BCUT2D eigenvalue weighted by Gasteiger charge is -2.18. The quantitative estimate of drug-likeness (QED) is 0.605. The average Bonchev–Trinajstić information content (AvgIpc) is 2.48. The molecule has 0 aromatic heterocycles. The van der Waals surface area contributed by atoms with Crippen molar-refractivity contribution < 1.29 is 4.74 Å².